The normalized spacial score (nSPS) is 10.1. The van der Waals surface area contributed by atoms with Gasteiger partial charge >= 0.3 is 5.97 Å². The fourth-order valence-corrected chi connectivity index (χ4v) is 1.74. The Morgan fingerprint density at radius 2 is 1.68 bits per heavy atom. The molecule has 0 aromatic heterocycles. The molecule has 0 saturated heterocycles. The molecule has 0 bridgehead atoms. The molecule has 0 fully saturated rings. The predicted octanol–water partition coefficient (Wildman–Crippen LogP) is 3.88. The zero-order valence-electron chi connectivity index (χ0n) is 11.3. The van der Waals surface area contributed by atoms with Gasteiger partial charge in [-0.25, -0.2) is 4.79 Å². The lowest BCUT2D eigenvalue weighted by atomic mass is 10.1. The van der Waals surface area contributed by atoms with Crippen LogP contribution in [-0.2, 0) is 4.74 Å². The highest BCUT2D eigenvalue weighted by Gasteiger charge is 2.08. The zero-order valence-corrected chi connectivity index (χ0v) is 11.3. The summed E-state index contributed by atoms with van der Waals surface area (Å²) in [5, 5.41) is 0. The Bertz CT molecular complexity index is 585. The summed E-state index contributed by atoms with van der Waals surface area (Å²) in [5.74, 6) is 1.17. The highest BCUT2D eigenvalue weighted by atomic mass is 16.5. The van der Waals surface area contributed by atoms with Crippen molar-refractivity contribution in [1.82, 2.24) is 0 Å². The molecule has 0 aliphatic heterocycles. The van der Waals surface area contributed by atoms with Crippen molar-refractivity contribution in [3.8, 4) is 11.5 Å². The van der Waals surface area contributed by atoms with E-state index in [0.29, 0.717) is 5.56 Å². The lowest BCUT2D eigenvalue weighted by Gasteiger charge is -2.10. The zero-order chi connectivity index (χ0) is 13.8. The highest BCUT2D eigenvalue weighted by molar-refractivity contribution is 5.89. The summed E-state index contributed by atoms with van der Waals surface area (Å²) in [6, 6.07) is 13.1. The molecule has 0 aliphatic carbocycles. The maximum Gasteiger partial charge on any atom is 0.337 e. The van der Waals surface area contributed by atoms with E-state index < -0.39 is 0 Å². The highest BCUT2D eigenvalue weighted by Crippen LogP contribution is 2.26. The minimum atomic E-state index is -0.343. The number of carbonyl (C=O) groups excluding carboxylic acids is 1. The maximum absolute atomic E-state index is 11.4. The van der Waals surface area contributed by atoms with Crippen LogP contribution in [0.1, 0.15) is 21.5 Å². The fourth-order valence-electron chi connectivity index (χ4n) is 1.74. The Labute approximate surface area is 112 Å². The Balaban J connectivity index is 2.22. The summed E-state index contributed by atoms with van der Waals surface area (Å²) >= 11 is 0. The second kappa shape index (κ2) is 5.57. The number of aryl methyl sites for hydroxylation is 2. The van der Waals surface area contributed by atoms with Crippen LogP contribution < -0.4 is 4.74 Å². The second-order valence-electron chi connectivity index (χ2n) is 4.39. The molecule has 2 rings (SSSR count). The second-order valence-corrected chi connectivity index (χ2v) is 4.39. The molecular weight excluding hydrogens is 240 g/mol. The van der Waals surface area contributed by atoms with Crippen LogP contribution in [0.15, 0.2) is 42.5 Å². The quantitative estimate of drug-likeness (QED) is 0.782. The van der Waals surface area contributed by atoms with E-state index >= 15 is 0 Å². The first-order chi connectivity index (χ1) is 9.10. The van der Waals surface area contributed by atoms with E-state index in [0.717, 1.165) is 17.1 Å². The standard InChI is InChI=1S/C16H16O3/c1-11-4-7-14(8-5-11)19-15-9-6-13(10-12(15)2)16(17)18-3/h4-10H,1-3H3. The van der Waals surface area contributed by atoms with Crippen LogP contribution in [0.5, 0.6) is 11.5 Å². The number of esters is 1. The molecular formula is C16H16O3. The first kappa shape index (κ1) is 13.1. The van der Waals surface area contributed by atoms with Gasteiger partial charge in [0.1, 0.15) is 11.5 Å². The van der Waals surface area contributed by atoms with Crippen LogP contribution in [0, 0.1) is 13.8 Å². The molecule has 0 N–H and O–H groups in total. The monoisotopic (exact) mass is 256 g/mol. The molecule has 0 radical (unpaired) electrons. The Hall–Kier alpha value is -2.29. The van der Waals surface area contributed by atoms with E-state index in [2.05, 4.69) is 4.74 Å². The van der Waals surface area contributed by atoms with Gasteiger partial charge in [-0.05, 0) is 49.7 Å². The van der Waals surface area contributed by atoms with Gasteiger partial charge < -0.3 is 9.47 Å². The van der Waals surface area contributed by atoms with Gasteiger partial charge in [-0.1, -0.05) is 17.7 Å². The molecule has 0 saturated carbocycles. The summed E-state index contributed by atoms with van der Waals surface area (Å²) in [4.78, 5) is 11.4. The SMILES string of the molecule is COC(=O)c1ccc(Oc2ccc(C)cc2)c(C)c1. The van der Waals surface area contributed by atoms with Crippen molar-refractivity contribution >= 4 is 5.97 Å². The molecule has 3 nitrogen and oxygen atoms in total. The minimum absolute atomic E-state index is 0.343. The molecule has 0 aliphatic rings. The first-order valence-corrected chi connectivity index (χ1v) is 6.03. The van der Waals surface area contributed by atoms with Crippen LogP contribution in [0.2, 0.25) is 0 Å². The van der Waals surface area contributed by atoms with Gasteiger partial charge in [0.25, 0.3) is 0 Å². The third-order valence-corrected chi connectivity index (χ3v) is 2.84. The number of ether oxygens (including phenoxy) is 2. The predicted molar refractivity (Wildman–Crippen MR) is 73.8 cm³/mol. The van der Waals surface area contributed by atoms with Crippen molar-refractivity contribution in [1.29, 1.82) is 0 Å². The van der Waals surface area contributed by atoms with Crippen LogP contribution in [0.25, 0.3) is 0 Å². The van der Waals surface area contributed by atoms with Gasteiger partial charge in [0, 0.05) is 0 Å². The number of methoxy groups -OCH3 is 1. The largest absolute Gasteiger partial charge is 0.465 e. The lowest BCUT2D eigenvalue weighted by Crippen LogP contribution is -2.01. The molecule has 2 aromatic carbocycles. The maximum atomic E-state index is 11.4. The molecule has 2 aromatic rings. The van der Waals surface area contributed by atoms with Gasteiger partial charge in [0.2, 0.25) is 0 Å². The summed E-state index contributed by atoms with van der Waals surface area (Å²) in [6.07, 6.45) is 0. The van der Waals surface area contributed by atoms with Gasteiger partial charge in [-0.3, -0.25) is 0 Å². The van der Waals surface area contributed by atoms with E-state index in [4.69, 9.17) is 4.74 Å². The van der Waals surface area contributed by atoms with E-state index in [-0.39, 0.29) is 5.97 Å². The third kappa shape index (κ3) is 3.13. The molecule has 0 heterocycles. The number of hydrogen-bond donors (Lipinski definition) is 0. The summed E-state index contributed by atoms with van der Waals surface area (Å²) in [7, 11) is 1.37. The van der Waals surface area contributed by atoms with Crippen molar-refractivity contribution in [3.05, 3.63) is 59.2 Å². The number of benzene rings is 2. The Morgan fingerprint density at radius 3 is 2.26 bits per heavy atom. The van der Waals surface area contributed by atoms with Gasteiger partial charge in [-0.2, -0.15) is 0 Å². The summed E-state index contributed by atoms with van der Waals surface area (Å²) in [6.45, 7) is 3.93. The van der Waals surface area contributed by atoms with Crippen LogP contribution in [-0.4, -0.2) is 13.1 Å². The molecule has 0 amide bonds. The smallest absolute Gasteiger partial charge is 0.337 e. The number of rotatable bonds is 3. The average Bonchev–Trinajstić information content (AvgIpc) is 2.42. The molecule has 98 valence electrons. The van der Waals surface area contributed by atoms with E-state index in [9.17, 15) is 4.79 Å². The van der Waals surface area contributed by atoms with Gasteiger partial charge in [-0.15, -0.1) is 0 Å². The number of carbonyl (C=O) groups is 1. The Kier molecular flexibility index (Phi) is 3.85. The fraction of sp³-hybridized carbons (Fsp3) is 0.188. The van der Waals surface area contributed by atoms with Crippen molar-refractivity contribution in [2.75, 3.05) is 7.11 Å². The van der Waals surface area contributed by atoms with Crippen molar-refractivity contribution in [2.24, 2.45) is 0 Å². The molecule has 3 heteroatoms. The van der Waals surface area contributed by atoms with Gasteiger partial charge in [0.15, 0.2) is 0 Å². The molecule has 19 heavy (non-hydrogen) atoms. The topological polar surface area (TPSA) is 35.5 Å². The van der Waals surface area contributed by atoms with Gasteiger partial charge in [0.05, 0.1) is 12.7 Å². The van der Waals surface area contributed by atoms with Crippen molar-refractivity contribution in [3.63, 3.8) is 0 Å². The molecule has 0 atom stereocenters. The van der Waals surface area contributed by atoms with Crippen LogP contribution in [0.3, 0.4) is 0 Å². The summed E-state index contributed by atoms with van der Waals surface area (Å²) < 4.78 is 10.5. The Morgan fingerprint density at radius 1 is 1.00 bits per heavy atom. The van der Waals surface area contributed by atoms with E-state index in [1.54, 1.807) is 18.2 Å². The molecule has 0 unspecified atom stereocenters. The lowest BCUT2D eigenvalue weighted by molar-refractivity contribution is 0.0600. The number of hydrogen-bond acceptors (Lipinski definition) is 3. The van der Waals surface area contributed by atoms with Crippen molar-refractivity contribution < 1.29 is 14.3 Å². The summed E-state index contributed by atoms with van der Waals surface area (Å²) in [5.41, 5.74) is 2.60. The van der Waals surface area contributed by atoms with Crippen LogP contribution >= 0.6 is 0 Å². The van der Waals surface area contributed by atoms with E-state index in [1.165, 1.54) is 12.7 Å². The van der Waals surface area contributed by atoms with Crippen molar-refractivity contribution in [2.45, 2.75) is 13.8 Å². The molecule has 0 spiro atoms. The minimum Gasteiger partial charge on any atom is -0.465 e. The average molecular weight is 256 g/mol. The first-order valence-electron chi connectivity index (χ1n) is 6.03. The van der Waals surface area contributed by atoms with E-state index in [1.807, 2.05) is 38.1 Å². The van der Waals surface area contributed by atoms with Crippen LogP contribution in [0.4, 0.5) is 0 Å². The third-order valence-electron chi connectivity index (χ3n) is 2.84.